The Hall–Kier alpha value is -0.150. The molecule has 0 spiro atoms. The summed E-state index contributed by atoms with van der Waals surface area (Å²) in [6.45, 7) is 2.01. The van der Waals surface area contributed by atoms with Crippen LogP contribution in [0.15, 0.2) is 0 Å². The van der Waals surface area contributed by atoms with Gasteiger partial charge in [0.2, 0.25) is 0 Å². The van der Waals surface area contributed by atoms with Crippen molar-refractivity contribution in [3.05, 3.63) is 0 Å². The standard InChI is InChI=1S/C3H9NO.FH/c1-3(5)2-4;/h3,5H,2,4H2,1H3;1H. The minimum atomic E-state index is -0.338. The minimum Gasteiger partial charge on any atom is -0.392 e. The van der Waals surface area contributed by atoms with E-state index < -0.39 is 0 Å². The van der Waals surface area contributed by atoms with E-state index in [9.17, 15) is 0 Å². The number of nitrogens with two attached hydrogens (primary N) is 1. The fraction of sp³-hybridized carbons (Fsp3) is 1.00. The Morgan fingerprint density at radius 1 is 1.83 bits per heavy atom. The first-order chi connectivity index (χ1) is 2.27. The highest BCUT2D eigenvalue weighted by Crippen LogP contribution is 1.65. The largest absolute Gasteiger partial charge is 0.392 e. The molecule has 40 valence electrons. The fourth-order valence-corrected chi connectivity index (χ4v) is 0. The van der Waals surface area contributed by atoms with E-state index in [1.807, 2.05) is 0 Å². The van der Waals surface area contributed by atoms with E-state index in [1.165, 1.54) is 0 Å². The Morgan fingerprint density at radius 2 is 2.00 bits per heavy atom. The van der Waals surface area contributed by atoms with Crippen molar-refractivity contribution >= 4 is 0 Å². The van der Waals surface area contributed by atoms with Crippen LogP contribution in [0.2, 0.25) is 0 Å². The molecule has 2 nitrogen and oxygen atoms in total. The van der Waals surface area contributed by atoms with Gasteiger partial charge < -0.3 is 10.8 Å². The average Bonchev–Trinajstić information content (AvgIpc) is 1.38. The van der Waals surface area contributed by atoms with Gasteiger partial charge in [-0.25, -0.2) is 0 Å². The van der Waals surface area contributed by atoms with Gasteiger partial charge in [-0.1, -0.05) is 0 Å². The van der Waals surface area contributed by atoms with Crippen LogP contribution < -0.4 is 5.73 Å². The van der Waals surface area contributed by atoms with Crippen LogP contribution in [0.1, 0.15) is 6.92 Å². The molecular weight excluding hydrogens is 85.0 g/mol. The molecular formula is C3H10FNO. The lowest BCUT2D eigenvalue weighted by Gasteiger charge is -1.91. The molecule has 0 heterocycles. The van der Waals surface area contributed by atoms with Gasteiger partial charge in [0.25, 0.3) is 0 Å². The third-order valence-electron chi connectivity index (χ3n) is 0.341. The van der Waals surface area contributed by atoms with E-state index in [1.54, 1.807) is 6.92 Å². The van der Waals surface area contributed by atoms with Crippen LogP contribution in [0.5, 0.6) is 0 Å². The highest BCUT2D eigenvalue weighted by atomic mass is 19.0. The first-order valence-electron chi connectivity index (χ1n) is 1.65. The number of hydrogen-bond acceptors (Lipinski definition) is 2. The summed E-state index contributed by atoms with van der Waals surface area (Å²) in [6, 6.07) is 0. The lowest BCUT2D eigenvalue weighted by molar-refractivity contribution is 0.203. The molecule has 1 atom stereocenters. The Kier molecular flexibility index (Phi) is 7.50. The van der Waals surface area contributed by atoms with Crippen molar-refractivity contribution in [3.63, 3.8) is 0 Å². The molecule has 1 unspecified atom stereocenters. The highest BCUT2D eigenvalue weighted by molar-refractivity contribution is 4.40. The van der Waals surface area contributed by atoms with Crippen LogP contribution in [-0.2, 0) is 0 Å². The summed E-state index contributed by atoms with van der Waals surface area (Å²) < 4.78 is 0. The van der Waals surface area contributed by atoms with Gasteiger partial charge in [-0.2, -0.15) is 0 Å². The Bertz CT molecular complexity index is 24.8. The van der Waals surface area contributed by atoms with Gasteiger partial charge in [-0.3, -0.25) is 4.70 Å². The van der Waals surface area contributed by atoms with E-state index >= 15 is 0 Å². The summed E-state index contributed by atoms with van der Waals surface area (Å²) in [5.74, 6) is 0. The molecule has 0 amide bonds. The summed E-state index contributed by atoms with van der Waals surface area (Å²) in [6.07, 6.45) is -0.338. The van der Waals surface area contributed by atoms with Gasteiger partial charge >= 0.3 is 0 Å². The van der Waals surface area contributed by atoms with Crippen molar-refractivity contribution < 1.29 is 9.81 Å². The third-order valence-corrected chi connectivity index (χ3v) is 0.341. The molecule has 0 aromatic heterocycles. The van der Waals surface area contributed by atoms with Gasteiger partial charge in [0.05, 0.1) is 6.10 Å². The molecule has 6 heavy (non-hydrogen) atoms. The van der Waals surface area contributed by atoms with E-state index in [0.717, 1.165) is 0 Å². The maximum Gasteiger partial charge on any atom is 0.0634 e. The summed E-state index contributed by atoms with van der Waals surface area (Å²) >= 11 is 0. The van der Waals surface area contributed by atoms with Gasteiger partial charge in [0, 0.05) is 6.54 Å². The predicted octanol–water partition coefficient (Wildman–Crippen LogP) is -0.522. The second-order valence-corrected chi connectivity index (χ2v) is 1.08. The maximum atomic E-state index is 8.24. The highest BCUT2D eigenvalue weighted by Gasteiger charge is 1.81. The molecule has 3 N–H and O–H groups in total. The number of rotatable bonds is 1. The molecule has 3 heteroatoms. The second kappa shape index (κ2) is 4.85. The molecule has 0 aliphatic heterocycles. The van der Waals surface area contributed by atoms with Crippen LogP contribution in [0, 0.1) is 0 Å². The molecule has 0 aromatic carbocycles. The van der Waals surface area contributed by atoms with Crippen LogP contribution in [0.4, 0.5) is 4.70 Å². The van der Waals surface area contributed by atoms with Crippen LogP contribution in [0.3, 0.4) is 0 Å². The van der Waals surface area contributed by atoms with Crippen molar-refractivity contribution in [1.82, 2.24) is 0 Å². The first-order valence-corrected chi connectivity index (χ1v) is 1.65. The smallest absolute Gasteiger partial charge is 0.0634 e. The van der Waals surface area contributed by atoms with Crippen molar-refractivity contribution in [2.45, 2.75) is 13.0 Å². The lowest BCUT2D eigenvalue weighted by Crippen LogP contribution is -2.14. The van der Waals surface area contributed by atoms with Crippen LogP contribution >= 0.6 is 0 Å². The second-order valence-electron chi connectivity index (χ2n) is 1.08. The summed E-state index contributed by atoms with van der Waals surface area (Å²) in [5, 5.41) is 8.24. The van der Waals surface area contributed by atoms with E-state index in [4.69, 9.17) is 10.8 Å². The van der Waals surface area contributed by atoms with Crippen molar-refractivity contribution in [2.75, 3.05) is 6.54 Å². The molecule has 0 radical (unpaired) electrons. The summed E-state index contributed by atoms with van der Waals surface area (Å²) in [5.41, 5.74) is 4.92. The van der Waals surface area contributed by atoms with Gasteiger partial charge in [-0.15, -0.1) is 0 Å². The normalized spacial score (nSPS) is 12.5. The topological polar surface area (TPSA) is 46.2 Å². The van der Waals surface area contributed by atoms with E-state index in [-0.39, 0.29) is 10.8 Å². The Labute approximate surface area is 36.3 Å². The zero-order chi connectivity index (χ0) is 4.28. The number of aliphatic hydroxyl groups is 1. The maximum absolute atomic E-state index is 8.24. The van der Waals surface area contributed by atoms with Crippen molar-refractivity contribution in [1.29, 1.82) is 0 Å². The van der Waals surface area contributed by atoms with Crippen molar-refractivity contribution in [3.8, 4) is 0 Å². The monoisotopic (exact) mass is 95.1 g/mol. The van der Waals surface area contributed by atoms with E-state index in [2.05, 4.69) is 0 Å². The number of hydrogen-bond donors (Lipinski definition) is 2. The fourth-order valence-electron chi connectivity index (χ4n) is 0. The SMILES string of the molecule is CC(O)CN.F. The molecule has 0 rings (SSSR count). The van der Waals surface area contributed by atoms with E-state index in [0.29, 0.717) is 6.54 Å². The van der Waals surface area contributed by atoms with Gasteiger partial charge in [0.15, 0.2) is 0 Å². The molecule has 0 saturated carbocycles. The summed E-state index contributed by atoms with van der Waals surface area (Å²) in [4.78, 5) is 0. The van der Waals surface area contributed by atoms with Crippen molar-refractivity contribution in [2.24, 2.45) is 5.73 Å². The van der Waals surface area contributed by atoms with Gasteiger partial charge in [0.1, 0.15) is 0 Å². The van der Waals surface area contributed by atoms with Crippen LogP contribution in [-0.4, -0.2) is 17.8 Å². The molecule has 0 bridgehead atoms. The minimum absolute atomic E-state index is 0. The average molecular weight is 95.1 g/mol. The zero-order valence-electron chi connectivity index (χ0n) is 3.72. The zero-order valence-corrected chi connectivity index (χ0v) is 3.72. The summed E-state index contributed by atoms with van der Waals surface area (Å²) in [7, 11) is 0. The van der Waals surface area contributed by atoms with Crippen LogP contribution in [0.25, 0.3) is 0 Å². The number of aliphatic hydroxyl groups excluding tert-OH is 1. The third kappa shape index (κ3) is 9.14. The predicted molar refractivity (Wildman–Crippen MR) is 23.2 cm³/mol. The molecule has 0 aliphatic rings. The van der Waals surface area contributed by atoms with Gasteiger partial charge in [-0.05, 0) is 6.92 Å². The quantitative estimate of drug-likeness (QED) is 0.460. The Morgan fingerprint density at radius 3 is 2.00 bits per heavy atom. The lowest BCUT2D eigenvalue weighted by atomic mass is 10.4. The molecule has 0 aliphatic carbocycles. The molecule has 0 saturated heterocycles. The molecule has 0 fully saturated rings. The Balaban J connectivity index is 0. The first kappa shape index (κ1) is 9.28. The molecule has 0 aromatic rings. The number of halogens is 1.